The zero-order chi connectivity index (χ0) is 13.4. The Balaban J connectivity index is 2.06. The first-order valence-corrected chi connectivity index (χ1v) is 6.85. The number of aliphatic hydroxyl groups is 1. The van der Waals surface area contributed by atoms with E-state index in [4.69, 9.17) is 4.74 Å². The summed E-state index contributed by atoms with van der Waals surface area (Å²) in [7, 11) is 0. The second-order valence-electron chi connectivity index (χ2n) is 5.20. The number of carbonyl (C=O) groups is 1. The Labute approximate surface area is 109 Å². The summed E-state index contributed by atoms with van der Waals surface area (Å²) in [5, 5.41) is 15.7. The van der Waals surface area contributed by atoms with E-state index in [1.54, 1.807) is 6.92 Å². The number of hydrogen-bond donors (Lipinski definition) is 3. The van der Waals surface area contributed by atoms with E-state index in [9.17, 15) is 9.90 Å². The molecule has 1 amide bonds. The minimum absolute atomic E-state index is 0.0577. The van der Waals surface area contributed by atoms with Crippen molar-refractivity contribution < 1.29 is 14.6 Å². The highest BCUT2D eigenvalue weighted by Gasteiger charge is 2.18. The number of nitrogens with one attached hydrogen (secondary N) is 2. The van der Waals surface area contributed by atoms with E-state index in [0.29, 0.717) is 26.0 Å². The monoisotopic (exact) mass is 258 g/mol. The van der Waals surface area contributed by atoms with Gasteiger partial charge in [-0.25, -0.2) is 0 Å². The van der Waals surface area contributed by atoms with Crippen molar-refractivity contribution in [1.29, 1.82) is 0 Å². The van der Waals surface area contributed by atoms with E-state index in [-0.39, 0.29) is 12.0 Å². The molecule has 0 saturated carbocycles. The van der Waals surface area contributed by atoms with Gasteiger partial charge in [-0.3, -0.25) is 4.79 Å². The average Bonchev–Trinajstić information content (AvgIpc) is 2.38. The largest absolute Gasteiger partial charge is 0.388 e. The minimum Gasteiger partial charge on any atom is -0.388 e. The van der Waals surface area contributed by atoms with Gasteiger partial charge in [-0.05, 0) is 39.3 Å². The standard InChI is InChI=1S/C13H26N2O3/c1-3-13(2,17)10-15-12(16)6-9-18-11-4-7-14-8-5-11/h11,14,17H,3-10H2,1-2H3,(H,15,16). The summed E-state index contributed by atoms with van der Waals surface area (Å²) in [5.74, 6) is -0.0577. The highest BCUT2D eigenvalue weighted by molar-refractivity contribution is 5.76. The minimum atomic E-state index is -0.814. The van der Waals surface area contributed by atoms with Gasteiger partial charge in [-0.2, -0.15) is 0 Å². The Morgan fingerprint density at radius 3 is 2.78 bits per heavy atom. The topological polar surface area (TPSA) is 70.6 Å². The van der Waals surface area contributed by atoms with Crippen LogP contribution < -0.4 is 10.6 Å². The molecule has 0 aromatic heterocycles. The molecule has 1 aliphatic heterocycles. The number of ether oxygens (including phenoxy) is 1. The molecule has 0 radical (unpaired) electrons. The van der Waals surface area contributed by atoms with Gasteiger partial charge >= 0.3 is 0 Å². The van der Waals surface area contributed by atoms with Crippen molar-refractivity contribution >= 4 is 5.91 Å². The van der Waals surface area contributed by atoms with E-state index < -0.39 is 5.60 Å². The van der Waals surface area contributed by atoms with Gasteiger partial charge in [-0.15, -0.1) is 0 Å². The van der Waals surface area contributed by atoms with Gasteiger partial charge in [0.2, 0.25) is 5.91 Å². The predicted octanol–water partition coefficient (Wildman–Crippen LogP) is 0.422. The maximum atomic E-state index is 11.5. The summed E-state index contributed by atoms with van der Waals surface area (Å²) < 4.78 is 5.65. The van der Waals surface area contributed by atoms with Crippen LogP contribution in [-0.2, 0) is 9.53 Å². The van der Waals surface area contributed by atoms with Gasteiger partial charge in [0.15, 0.2) is 0 Å². The molecule has 1 unspecified atom stereocenters. The lowest BCUT2D eigenvalue weighted by molar-refractivity contribution is -0.123. The Morgan fingerprint density at radius 1 is 1.50 bits per heavy atom. The van der Waals surface area contributed by atoms with Crippen molar-refractivity contribution in [3.8, 4) is 0 Å². The van der Waals surface area contributed by atoms with Crippen molar-refractivity contribution in [2.75, 3.05) is 26.2 Å². The molecule has 0 aromatic rings. The smallest absolute Gasteiger partial charge is 0.222 e. The lowest BCUT2D eigenvalue weighted by Crippen LogP contribution is -2.40. The molecule has 1 heterocycles. The fourth-order valence-electron chi connectivity index (χ4n) is 1.78. The molecule has 0 aromatic carbocycles. The van der Waals surface area contributed by atoms with Crippen LogP contribution in [0.5, 0.6) is 0 Å². The van der Waals surface area contributed by atoms with Crippen LogP contribution in [0.1, 0.15) is 39.5 Å². The van der Waals surface area contributed by atoms with Crippen molar-refractivity contribution in [3.63, 3.8) is 0 Å². The number of piperidine rings is 1. The van der Waals surface area contributed by atoms with Crippen LogP contribution in [0.2, 0.25) is 0 Å². The Bertz CT molecular complexity index is 251. The van der Waals surface area contributed by atoms with Gasteiger partial charge < -0.3 is 20.5 Å². The Kier molecular flexibility index (Phi) is 6.60. The van der Waals surface area contributed by atoms with Crippen molar-refractivity contribution in [3.05, 3.63) is 0 Å². The molecule has 1 saturated heterocycles. The summed E-state index contributed by atoms with van der Waals surface area (Å²) in [5.41, 5.74) is -0.814. The Morgan fingerprint density at radius 2 is 2.17 bits per heavy atom. The summed E-state index contributed by atoms with van der Waals surface area (Å²) in [4.78, 5) is 11.5. The summed E-state index contributed by atoms with van der Waals surface area (Å²) in [6.45, 7) is 6.37. The predicted molar refractivity (Wildman–Crippen MR) is 70.4 cm³/mol. The van der Waals surface area contributed by atoms with Crippen molar-refractivity contribution in [2.45, 2.75) is 51.2 Å². The van der Waals surface area contributed by atoms with Crippen molar-refractivity contribution in [2.24, 2.45) is 0 Å². The maximum absolute atomic E-state index is 11.5. The van der Waals surface area contributed by atoms with E-state index in [0.717, 1.165) is 25.9 Å². The molecule has 1 fully saturated rings. The molecular formula is C13H26N2O3. The molecule has 18 heavy (non-hydrogen) atoms. The van der Waals surface area contributed by atoms with Crippen molar-refractivity contribution in [1.82, 2.24) is 10.6 Å². The van der Waals surface area contributed by atoms with Gasteiger partial charge in [0.1, 0.15) is 0 Å². The summed E-state index contributed by atoms with van der Waals surface area (Å²) in [6, 6.07) is 0. The number of carbonyl (C=O) groups excluding carboxylic acids is 1. The molecule has 0 bridgehead atoms. The summed E-state index contributed by atoms with van der Waals surface area (Å²) >= 11 is 0. The molecule has 0 aliphatic carbocycles. The van der Waals surface area contributed by atoms with Crippen LogP contribution in [0.25, 0.3) is 0 Å². The normalized spacial score (nSPS) is 20.4. The fraction of sp³-hybridized carbons (Fsp3) is 0.923. The fourth-order valence-corrected chi connectivity index (χ4v) is 1.78. The van der Waals surface area contributed by atoms with E-state index in [1.807, 2.05) is 6.92 Å². The van der Waals surface area contributed by atoms with Gasteiger partial charge in [0.05, 0.1) is 18.3 Å². The van der Waals surface area contributed by atoms with Crippen LogP contribution in [0.4, 0.5) is 0 Å². The van der Waals surface area contributed by atoms with Crippen LogP contribution in [0, 0.1) is 0 Å². The average molecular weight is 258 g/mol. The third-order valence-corrected chi connectivity index (χ3v) is 3.40. The molecule has 1 atom stereocenters. The molecular weight excluding hydrogens is 232 g/mol. The number of hydrogen-bond acceptors (Lipinski definition) is 4. The first-order chi connectivity index (χ1) is 8.53. The number of amides is 1. The SMILES string of the molecule is CCC(C)(O)CNC(=O)CCOC1CCNCC1. The van der Waals surface area contributed by atoms with E-state index >= 15 is 0 Å². The molecule has 1 rings (SSSR count). The molecule has 5 nitrogen and oxygen atoms in total. The lowest BCUT2D eigenvalue weighted by Gasteiger charge is -2.23. The maximum Gasteiger partial charge on any atom is 0.222 e. The van der Waals surface area contributed by atoms with Crippen LogP contribution >= 0.6 is 0 Å². The first kappa shape index (κ1) is 15.4. The zero-order valence-corrected chi connectivity index (χ0v) is 11.5. The molecule has 0 spiro atoms. The van der Waals surface area contributed by atoms with Crippen LogP contribution in [-0.4, -0.2) is 49.0 Å². The molecule has 3 N–H and O–H groups in total. The van der Waals surface area contributed by atoms with Crippen LogP contribution in [0.15, 0.2) is 0 Å². The highest BCUT2D eigenvalue weighted by atomic mass is 16.5. The van der Waals surface area contributed by atoms with Gasteiger partial charge in [0, 0.05) is 13.0 Å². The van der Waals surface area contributed by atoms with Gasteiger partial charge in [-0.1, -0.05) is 6.92 Å². The lowest BCUT2D eigenvalue weighted by atomic mass is 10.0. The second-order valence-corrected chi connectivity index (χ2v) is 5.20. The molecule has 106 valence electrons. The zero-order valence-electron chi connectivity index (χ0n) is 11.5. The van der Waals surface area contributed by atoms with E-state index in [2.05, 4.69) is 10.6 Å². The summed E-state index contributed by atoms with van der Waals surface area (Å²) in [6.07, 6.45) is 3.32. The van der Waals surface area contributed by atoms with Gasteiger partial charge in [0.25, 0.3) is 0 Å². The highest BCUT2D eigenvalue weighted by Crippen LogP contribution is 2.08. The molecule has 1 aliphatic rings. The molecule has 5 heteroatoms. The Hall–Kier alpha value is -0.650. The van der Waals surface area contributed by atoms with E-state index in [1.165, 1.54) is 0 Å². The third kappa shape index (κ3) is 6.33. The second kappa shape index (κ2) is 7.71. The number of rotatable bonds is 7. The first-order valence-electron chi connectivity index (χ1n) is 6.85. The van der Waals surface area contributed by atoms with Crippen LogP contribution in [0.3, 0.4) is 0 Å². The third-order valence-electron chi connectivity index (χ3n) is 3.40. The quantitative estimate of drug-likeness (QED) is 0.619.